The first kappa shape index (κ1) is 6.91. The van der Waals surface area contributed by atoms with Gasteiger partial charge < -0.3 is 9.31 Å². The van der Waals surface area contributed by atoms with Crippen molar-refractivity contribution >= 4 is 7.40 Å². The Morgan fingerprint density at radius 2 is 2.29 bits per heavy atom. The molecule has 0 fully saturated rings. The number of hydrogen-bond donors (Lipinski definition) is 0. The third-order valence-electron chi connectivity index (χ3n) is 0.483. The second-order valence-corrected chi connectivity index (χ2v) is 0.965. The normalized spacial score (nSPS) is 9.00. The van der Waals surface area contributed by atoms with Gasteiger partial charge in [0, 0.05) is 13.7 Å². The van der Waals surface area contributed by atoms with Crippen molar-refractivity contribution in [1.29, 1.82) is 0 Å². The maximum absolute atomic E-state index is 11.7. The highest BCUT2D eigenvalue weighted by Crippen LogP contribution is 1.85. The Bertz CT molecular complexity index is 43.9. The van der Waals surface area contributed by atoms with Gasteiger partial charge in [0.2, 0.25) is 0 Å². The lowest BCUT2D eigenvalue weighted by molar-refractivity contribution is 0.201. The first-order valence-electron chi connectivity index (χ1n) is 2.09. The molecule has 0 aromatic heterocycles. The van der Waals surface area contributed by atoms with Gasteiger partial charge >= 0.3 is 7.40 Å². The summed E-state index contributed by atoms with van der Waals surface area (Å²) < 4.78 is 20.1. The number of hydrogen-bond acceptors (Lipinski definition) is 2. The van der Waals surface area contributed by atoms with E-state index in [-0.39, 0.29) is 0 Å². The van der Waals surface area contributed by atoms with Crippen LogP contribution in [0.3, 0.4) is 0 Å². The van der Waals surface area contributed by atoms with E-state index in [1.54, 1.807) is 6.92 Å². The van der Waals surface area contributed by atoms with E-state index in [1.807, 2.05) is 0 Å². The fourth-order valence-electron chi connectivity index (χ4n) is 0.199. The van der Waals surface area contributed by atoms with Crippen molar-refractivity contribution in [3.63, 3.8) is 0 Å². The Labute approximate surface area is 42.8 Å². The Kier molecular flexibility index (Phi) is 4.03. The monoisotopic (exact) mass is 106 g/mol. The maximum Gasteiger partial charge on any atom is 0.679 e. The predicted molar refractivity (Wildman–Crippen MR) is 25.5 cm³/mol. The minimum Gasteiger partial charge on any atom is -0.385 e. The Morgan fingerprint density at radius 1 is 1.71 bits per heavy atom. The lowest BCUT2D eigenvalue weighted by Crippen LogP contribution is -2.13. The molecular weight excluding hydrogens is 97.8 g/mol. The third kappa shape index (κ3) is 3.75. The van der Waals surface area contributed by atoms with E-state index in [0.717, 1.165) is 0 Å². The van der Waals surface area contributed by atoms with Gasteiger partial charge in [0.25, 0.3) is 0 Å². The average molecular weight is 106 g/mol. The predicted octanol–water partition coefficient (Wildman–Crippen LogP) is 0.624. The van der Waals surface area contributed by atoms with Crippen LogP contribution in [-0.4, -0.2) is 21.1 Å². The van der Waals surface area contributed by atoms with Gasteiger partial charge in [0.05, 0.1) is 0 Å². The van der Waals surface area contributed by atoms with E-state index < -0.39 is 7.40 Å². The van der Waals surface area contributed by atoms with Crippen molar-refractivity contribution in [2.75, 3.05) is 13.7 Å². The molecule has 0 aliphatic heterocycles. The Hall–Kier alpha value is -0.0851. The standard InChI is InChI=1S/C3H8BFO2/c1-3-7-4(5)6-2/h3H2,1-2H3. The molecule has 0 aromatic rings. The van der Waals surface area contributed by atoms with Crippen molar-refractivity contribution in [2.24, 2.45) is 0 Å². The van der Waals surface area contributed by atoms with Crippen molar-refractivity contribution in [3.05, 3.63) is 0 Å². The lowest BCUT2D eigenvalue weighted by atomic mass is 10.3. The molecule has 0 amide bonds. The van der Waals surface area contributed by atoms with E-state index in [2.05, 4.69) is 9.31 Å². The molecule has 0 saturated heterocycles. The molecule has 0 spiro atoms. The Morgan fingerprint density at radius 3 is 2.43 bits per heavy atom. The van der Waals surface area contributed by atoms with Crippen LogP contribution in [0, 0.1) is 0 Å². The smallest absolute Gasteiger partial charge is 0.385 e. The molecule has 0 atom stereocenters. The molecule has 0 N–H and O–H groups in total. The summed E-state index contributed by atoms with van der Waals surface area (Å²) in [5.41, 5.74) is 0. The minimum atomic E-state index is -1.55. The largest absolute Gasteiger partial charge is 0.679 e. The molecule has 0 bridgehead atoms. The SMILES string of the molecule is CCOB(F)OC. The first-order chi connectivity index (χ1) is 3.31. The van der Waals surface area contributed by atoms with Gasteiger partial charge in [-0.2, -0.15) is 0 Å². The fraction of sp³-hybridized carbons (Fsp3) is 1.00. The van der Waals surface area contributed by atoms with E-state index in [9.17, 15) is 4.32 Å². The molecule has 0 aliphatic rings. The molecule has 0 unspecified atom stereocenters. The molecule has 42 valence electrons. The number of halogens is 1. The van der Waals surface area contributed by atoms with Gasteiger partial charge in [-0.15, -0.1) is 0 Å². The molecule has 0 heterocycles. The van der Waals surface area contributed by atoms with E-state index in [4.69, 9.17) is 0 Å². The van der Waals surface area contributed by atoms with Crippen LogP contribution in [0.1, 0.15) is 6.92 Å². The molecule has 0 aliphatic carbocycles. The highest BCUT2D eigenvalue weighted by atomic mass is 19.1. The summed E-state index contributed by atoms with van der Waals surface area (Å²) in [6.07, 6.45) is 0. The van der Waals surface area contributed by atoms with Gasteiger partial charge in [0.15, 0.2) is 0 Å². The second kappa shape index (κ2) is 4.08. The van der Waals surface area contributed by atoms with Crippen molar-refractivity contribution in [3.8, 4) is 0 Å². The third-order valence-corrected chi connectivity index (χ3v) is 0.483. The highest BCUT2D eigenvalue weighted by molar-refractivity contribution is 6.35. The zero-order chi connectivity index (χ0) is 5.70. The van der Waals surface area contributed by atoms with Gasteiger partial charge in [-0.25, -0.2) is 0 Å². The van der Waals surface area contributed by atoms with Crippen LogP contribution in [0.25, 0.3) is 0 Å². The fourth-order valence-corrected chi connectivity index (χ4v) is 0.199. The topological polar surface area (TPSA) is 18.5 Å². The number of rotatable bonds is 3. The Balaban J connectivity index is 2.83. The quantitative estimate of drug-likeness (QED) is 0.491. The summed E-state index contributed by atoms with van der Waals surface area (Å²) in [7, 11) is -0.301. The molecule has 4 heteroatoms. The second-order valence-electron chi connectivity index (χ2n) is 0.965. The van der Waals surface area contributed by atoms with Crippen LogP contribution < -0.4 is 0 Å². The van der Waals surface area contributed by atoms with Crippen molar-refractivity contribution < 1.29 is 13.6 Å². The molecule has 0 rings (SSSR count). The molecule has 0 radical (unpaired) electrons. The lowest BCUT2D eigenvalue weighted by Gasteiger charge is -1.96. The first-order valence-corrected chi connectivity index (χ1v) is 2.09. The van der Waals surface area contributed by atoms with Gasteiger partial charge in [-0.1, -0.05) is 0 Å². The van der Waals surface area contributed by atoms with Crippen LogP contribution in [0.2, 0.25) is 0 Å². The summed E-state index contributed by atoms with van der Waals surface area (Å²) in [5, 5.41) is 0. The molecule has 0 saturated carbocycles. The van der Waals surface area contributed by atoms with Crippen LogP contribution in [0.4, 0.5) is 4.32 Å². The van der Waals surface area contributed by atoms with E-state index in [1.165, 1.54) is 7.11 Å². The van der Waals surface area contributed by atoms with Crippen LogP contribution in [-0.2, 0) is 9.31 Å². The van der Waals surface area contributed by atoms with E-state index in [0.29, 0.717) is 6.61 Å². The molecule has 0 aromatic carbocycles. The highest BCUT2D eigenvalue weighted by Gasteiger charge is 2.12. The summed E-state index contributed by atoms with van der Waals surface area (Å²) in [6, 6.07) is 0. The minimum absolute atomic E-state index is 0.342. The molecular formula is C3H8BFO2. The summed E-state index contributed by atoms with van der Waals surface area (Å²) in [4.78, 5) is 0. The van der Waals surface area contributed by atoms with Crippen LogP contribution in [0.15, 0.2) is 0 Å². The van der Waals surface area contributed by atoms with Gasteiger partial charge in [-0.05, 0) is 6.92 Å². The van der Waals surface area contributed by atoms with Crippen LogP contribution in [0.5, 0.6) is 0 Å². The van der Waals surface area contributed by atoms with E-state index >= 15 is 0 Å². The zero-order valence-electron chi connectivity index (χ0n) is 4.48. The molecule has 7 heavy (non-hydrogen) atoms. The average Bonchev–Trinajstić information content (AvgIpc) is 1.68. The van der Waals surface area contributed by atoms with Crippen molar-refractivity contribution in [1.82, 2.24) is 0 Å². The maximum atomic E-state index is 11.7. The summed E-state index contributed by atoms with van der Waals surface area (Å²) >= 11 is 0. The molecule has 2 nitrogen and oxygen atoms in total. The van der Waals surface area contributed by atoms with Crippen LogP contribution >= 0.6 is 0 Å². The summed E-state index contributed by atoms with van der Waals surface area (Å²) in [5.74, 6) is 0. The van der Waals surface area contributed by atoms with Gasteiger partial charge in [-0.3, -0.25) is 4.32 Å². The summed E-state index contributed by atoms with van der Waals surface area (Å²) in [6.45, 7) is 2.04. The van der Waals surface area contributed by atoms with Gasteiger partial charge in [0.1, 0.15) is 0 Å². The zero-order valence-corrected chi connectivity index (χ0v) is 4.48. The van der Waals surface area contributed by atoms with Crippen molar-refractivity contribution in [2.45, 2.75) is 6.92 Å².